The summed E-state index contributed by atoms with van der Waals surface area (Å²) < 4.78 is 5.59. The summed E-state index contributed by atoms with van der Waals surface area (Å²) in [7, 11) is 0. The fraction of sp³-hybridized carbons (Fsp3) is 0.0588. The van der Waals surface area contributed by atoms with Crippen LogP contribution in [0.1, 0.15) is 0 Å². The fourth-order valence-electron chi connectivity index (χ4n) is 2.42. The molecule has 0 aliphatic heterocycles. The van der Waals surface area contributed by atoms with E-state index in [1.54, 1.807) is 0 Å². The number of anilines is 1. The maximum atomic E-state index is 12.2. The second kappa shape index (κ2) is 5.81. The first-order valence-electron chi connectivity index (χ1n) is 7.14. The first kappa shape index (κ1) is 13.9. The summed E-state index contributed by atoms with van der Waals surface area (Å²) in [6.45, 7) is 0. The van der Waals surface area contributed by atoms with Gasteiger partial charge in [0.15, 0.2) is 5.58 Å². The highest BCUT2D eigenvalue weighted by Crippen LogP contribution is 2.25. The zero-order valence-corrected chi connectivity index (χ0v) is 12.9. The average Bonchev–Trinajstić information content (AvgIpc) is 3.19. The molecule has 6 heteroatoms. The van der Waals surface area contributed by atoms with Gasteiger partial charge in [-0.3, -0.25) is 4.79 Å². The maximum Gasteiger partial charge on any atom is 0.257 e. The van der Waals surface area contributed by atoms with Crippen LogP contribution in [0.3, 0.4) is 0 Å². The molecule has 0 fully saturated rings. The van der Waals surface area contributed by atoms with Gasteiger partial charge >= 0.3 is 0 Å². The predicted molar refractivity (Wildman–Crippen MR) is 91.7 cm³/mol. The largest absolute Gasteiger partial charge is 0.431 e. The van der Waals surface area contributed by atoms with Gasteiger partial charge in [-0.25, -0.2) is 4.98 Å². The Labute approximate surface area is 136 Å². The van der Waals surface area contributed by atoms with Crippen molar-refractivity contribution in [2.24, 2.45) is 0 Å². The molecule has 4 aromatic rings. The molecule has 0 saturated heterocycles. The van der Waals surface area contributed by atoms with Crippen molar-refractivity contribution in [3.05, 3.63) is 54.7 Å². The number of hydrogen-bond acceptors (Lipinski definition) is 4. The number of aromatic amines is 1. The number of nitrogens with zero attached hydrogens (tertiary/aromatic N) is 1. The SMILES string of the molecule is O=C(CSc1nc2ccccc2o1)Nc1cccc2[nH]ccc12. The molecule has 0 radical (unpaired) electrons. The maximum absolute atomic E-state index is 12.2. The number of fused-ring (bicyclic) bond motifs is 2. The second-order valence-electron chi connectivity index (χ2n) is 5.03. The van der Waals surface area contributed by atoms with E-state index < -0.39 is 0 Å². The van der Waals surface area contributed by atoms with Gasteiger partial charge in [0, 0.05) is 17.1 Å². The minimum atomic E-state index is -0.0917. The Balaban J connectivity index is 1.45. The van der Waals surface area contributed by atoms with E-state index in [2.05, 4.69) is 15.3 Å². The number of nitrogens with one attached hydrogen (secondary N) is 2. The second-order valence-corrected chi connectivity index (χ2v) is 5.96. The van der Waals surface area contributed by atoms with Crippen molar-refractivity contribution < 1.29 is 9.21 Å². The summed E-state index contributed by atoms with van der Waals surface area (Å²) in [4.78, 5) is 19.6. The zero-order valence-electron chi connectivity index (χ0n) is 12.1. The summed E-state index contributed by atoms with van der Waals surface area (Å²) in [5, 5.41) is 4.42. The molecule has 4 rings (SSSR count). The smallest absolute Gasteiger partial charge is 0.257 e. The quantitative estimate of drug-likeness (QED) is 0.556. The summed E-state index contributed by atoms with van der Waals surface area (Å²) >= 11 is 1.28. The number of H-pyrrole nitrogens is 1. The van der Waals surface area contributed by atoms with Crippen LogP contribution in [0.4, 0.5) is 5.69 Å². The minimum absolute atomic E-state index is 0.0917. The van der Waals surface area contributed by atoms with Crippen LogP contribution in [0.15, 0.2) is 64.4 Å². The molecule has 0 atom stereocenters. The molecule has 2 heterocycles. The van der Waals surface area contributed by atoms with Gasteiger partial charge < -0.3 is 14.7 Å². The van der Waals surface area contributed by atoms with E-state index in [0.29, 0.717) is 5.22 Å². The number of hydrogen-bond donors (Lipinski definition) is 2. The van der Waals surface area contributed by atoms with E-state index >= 15 is 0 Å². The molecule has 5 nitrogen and oxygen atoms in total. The monoisotopic (exact) mass is 323 g/mol. The molecule has 0 unspecified atom stereocenters. The Morgan fingerprint density at radius 2 is 2.09 bits per heavy atom. The number of carbonyl (C=O) groups excluding carboxylic acids is 1. The number of carbonyl (C=O) groups is 1. The van der Waals surface area contributed by atoms with Gasteiger partial charge in [-0.1, -0.05) is 30.0 Å². The van der Waals surface area contributed by atoms with Gasteiger partial charge in [-0.15, -0.1) is 0 Å². The lowest BCUT2D eigenvalue weighted by Crippen LogP contribution is -2.14. The first-order chi connectivity index (χ1) is 11.3. The molecular weight excluding hydrogens is 310 g/mol. The van der Waals surface area contributed by atoms with E-state index in [4.69, 9.17) is 4.42 Å². The number of aromatic nitrogens is 2. The fourth-order valence-corrected chi connectivity index (χ4v) is 3.06. The van der Waals surface area contributed by atoms with Crippen molar-refractivity contribution in [3.8, 4) is 0 Å². The van der Waals surface area contributed by atoms with Gasteiger partial charge in [0.25, 0.3) is 5.22 Å². The minimum Gasteiger partial charge on any atom is -0.431 e. The molecule has 0 bridgehead atoms. The molecule has 0 aliphatic rings. The lowest BCUT2D eigenvalue weighted by molar-refractivity contribution is -0.113. The van der Waals surface area contributed by atoms with Crippen LogP contribution in [-0.4, -0.2) is 21.6 Å². The summed E-state index contributed by atoms with van der Waals surface area (Å²) in [5.41, 5.74) is 3.32. The van der Waals surface area contributed by atoms with E-state index in [-0.39, 0.29) is 11.7 Å². The standard InChI is InChI=1S/C17H13N3O2S/c21-16(19-13-6-3-5-12-11(13)8-9-18-12)10-23-17-20-14-4-1-2-7-15(14)22-17/h1-9,18H,10H2,(H,19,21). The van der Waals surface area contributed by atoms with Crippen molar-refractivity contribution in [2.75, 3.05) is 11.1 Å². The average molecular weight is 323 g/mol. The lowest BCUT2D eigenvalue weighted by Gasteiger charge is -2.05. The number of oxazole rings is 1. The van der Waals surface area contributed by atoms with Gasteiger partial charge in [-0.2, -0.15) is 0 Å². The van der Waals surface area contributed by atoms with Crippen molar-refractivity contribution >= 4 is 45.4 Å². The zero-order chi connectivity index (χ0) is 15.6. The number of para-hydroxylation sites is 2. The molecular formula is C17H13N3O2S. The Bertz CT molecular complexity index is 957. The van der Waals surface area contributed by atoms with Crippen LogP contribution < -0.4 is 5.32 Å². The van der Waals surface area contributed by atoms with E-state index in [0.717, 1.165) is 27.7 Å². The summed E-state index contributed by atoms with van der Waals surface area (Å²) in [6.07, 6.45) is 1.85. The van der Waals surface area contributed by atoms with Gasteiger partial charge in [0.1, 0.15) is 5.52 Å². The summed E-state index contributed by atoms with van der Waals surface area (Å²) in [6, 6.07) is 15.3. The highest BCUT2D eigenvalue weighted by molar-refractivity contribution is 7.99. The molecule has 1 amide bonds. The van der Waals surface area contributed by atoms with Crippen LogP contribution in [0.25, 0.3) is 22.0 Å². The Hall–Kier alpha value is -2.73. The first-order valence-corrected chi connectivity index (χ1v) is 8.12. The van der Waals surface area contributed by atoms with E-state index in [1.165, 1.54) is 11.8 Å². The highest BCUT2D eigenvalue weighted by Gasteiger charge is 2.10. The van der Waals surface area contributed by atoms with Crippen LogP contribution in [0.2, 0.25) is 0 Å². The molecule has 0 saturated carbocycles. The van der Waals surface area contributed by atoms with Crippen LogP contribution in [0, 0.1) is 0 Å². The lowest BCUT2D eigenvalue weighted by atomic mass is 10.2. The Kier molecular flexibility index (Phi) is 3.51. The van der Waals surface area contributed by atoms with Gasteiger partial charge in [0.2, 0.25) is 5.91 Å². The van der Waals surface area contributed by atoms with Gasteiger partial charge in [-0.05, 0) is 30.3 Å². The summed E-state index contributed by atoms with van der Waals surface area (Å²) in [5.74, 6) is 0.152. The van der Waals surface area contributed by atoms with E-state index in [9.17, 15) is 4.79 Å². The van der Waals surface area contributed by atoms with E-state index in [1.807, 2.05) is 54.7 Å². The molecule has 23 heavy (non-hydrogen) atoms. The number of rotatable bonds is 4. The number of benzene rings is 2. The van der Waals surface area contributed by atoms with Crippen molar-refractivity contribution in [1.82, 2.24) is 9.97 Å². The van der Waals surface area contributed by atoms with Crippen LogP contribution in [-0.2, 0) is 4.79 Å². The Morgan fingerprint density at radius 3 is 3.00 bits per heavy atom. The molecule has 2 aromatic carbocycles. The number of amides is 1. The Morgan fingerprint density at radius 1 is 1.17 bits per heavy atom. The highest BCUT2D eigenvalue weighted by atomic mass is 32.2. The van der Waals surface area contributed by atoms with Crippen molar-refractivity contribution in [2.45, 2.75) is 5.22 Å². The molecule has 2 aromatic heterocycles. The van der Waals surface area contributed by atoms with Crippen molar-refractivity contribution in [3.63, 3.8) is 0 Å². The molecule has 0 aliphatic carbocycles. The third-order valence-corrected chi connectivity index (χ3v) is 4.30. The predicted octanol–water partition coefficient (Wildman–Crippen LogP) is 4.04. The van der Waals surface area contributed by atoms with Crippen LogP contribution in [0.5, 0.6) is 0 Å². The molecule has 2 N–H and O–H groups in total. The van der Waals surface area contributed by atoms with Crippen LogP contribution >= 0.6 is 11.8 Å². The van der Waals surface area contributed by atoms with Gasteiger partial charge in [0.05, 0.1) is 11.4 Å². The third-order valence-electron chi connectivity index (χ3n) is 3.47. The number of thioether (sulfide) groups is 1. The van der Waals surface area contributed by atoms with Crippen molar-refractivity contribution in [1.29, 1.82) is 0 Å². The normalized spacial score (nSPS) is 11.1. The molecule has 0 spiro atoms. The molecule has 114 valence electrons. The topological polar surface area (TPSA) is 70.9 Å². The third kappa shape index (κ3) is 2.80.